The topological polar surface area (TPSA) is 80.8 Å². The van der Waals surface area contributed by atoms with Gasteiger partial charge < -0.3 is 4.74 Å². The first kappa shape index (κ1) is 17.2. The number of fused-ring (bicyclic) bond motifs is 1. The molecule has 1 aliphatic rings. The Kier molecular flexibility index (Phi) is 5.92. The zero-order valence-corrected chi connectivity index (χ0v) is 13.6. The minimum Gasteiger partial charge on any atom is -0.466 e. The second-order valence-electron chi connectivity index (χ2n) is 4.88. The average Bonchev–Trinajstić information content (AvgIpc) is 2.76. The third kappa shape index (κ3) is 4.19. The molecular formula is C16H17NO5S. The lowest BCUT2D eigenvalue weighted by Crippen LogP contribution is -2.32. The van der Waals surface area contributed by atoms with Crippen molar-refractivity contribution in [3.05, 3.63) is 35.4 Å². The van der Waals surface area contributed by atoms with Crippen molar-refractivity contribution in [3.63, 3.8) is 0 Å². The van der Waals surface area contributed by atoms with Gasteiger partial charge in [-0.05, 0) is 19.1 Å². The van der Waals surface area contributed by atoms with E-state index in [1.807, 2.05) is 0 Å². The predicted octanol–water partition coefficient (Wildman–Crippen LogP) is 1.54. The van der Waals surface area contributed by atoms with Gasteiger partial charge in [-0.15, -0.1) is 0 Å². The number of carbonyl (C=O) groups excluding carboxylic acids is 4. The van der Waals surface area contributed by atoms with Crippen LogP contribution in [0, 0.1) is 0 Å². The van der Waals surface area contributed by atoms with Gasteiger partial charge in [0.1, 0.15) is 6.42 Å². The third-order valence-corrected chi connectivity index (χ3v) is 4.24. The zero-order valence-electron chi connectivity index (χ0n) is 12.7. The molecule has 0 radical (unpaired) electrons. The highest BCUT2D eigenvalue weighted by Crippen LogP contribution is 2.22. The molecule has 0 aromatic heterocycles. The van der Waals surface area contributed by atoms with Crippen LogP contribution in [0.2, 0.25) is 0 Å². The van der Waals surface area contributed by atoms with Gasteiger partial charge in [0.15, 0.2) is 5.78 Å². The smallest absolute Gasteiger partial charge is 0.313 e. The first-order valence-electron chi connectivity index (χ1n) is 7.25. The minimum absolute atomic E-state index is 0.155. The summed E-state index contributed by atoms with van der Waals surface area (Å²) in [5.74, 6) is -0.760. The van der Waals surface area contributed by atoms with Crippen molar-refractivity contribution in [3.8, 4) is 0 Å². The number of ether oxygens (including phenoxy) is 1. The Morgan fingerprint density at radius 1 is 1.13 bits per heavy atom. The van der Waals surface area contributed by atoms with Gasteiger partial charge in [-0.25, -0.2) is 0 Å². The van der Waals surface area contributed by atoms with Crippen LogP contribution in [-0.2, 0) is 14.3 Å². The lowest BCUT2D eigenvalue weighted by molar-refractivity contribution is -0.145. The van der Waals surface area contributed by atoms with E-state index in [1.54, 1.807) is 31.2 Å². The van der Waals surface area contributed by atoms with E-state index in [0.717, 1.165) is 0 Å². The van der Waals surface area contributed by atoms with E-state index in [4.69, 9.17) is 4.74 Å². The SMILES string of the molecule is CCOC(=O)CC(=O)CSCCN1C(=O)c2ccccc2C1=O. The summed E-state index contributed by atoms with van der Waals surface area (Å²) in [4.78, 5) is 48.1. The fourth-order valence-electron chi connectivity index (χ4n) is 2.21. The van der Waals surface area contributed by atoms with E-state index in [2.05, 4.69) is 0 Å². The number of ketones is 1. The fraction of sp³-hybridized carbons (Fsp3) is 0.375. The number of amides is 2. The molecule has 1 aromatic rings. The Morgan fingerprint density at radius 2 is 1.74 bits per heavy atom. The summed E-state index contributed by atoms with van der Waals surface area (Å²) in [5, 5.41) is 0. The van der Waals surface area contributed by atoms with Crippen molar-refractivity contribution in [1.29, 1.82) is 0 Å². The summed E-state index contributed by atoms with van der Waals surface area (Å²) in [6, 6.07) is 6.70. The molecule has 122 valence electrons. The van der Waals surface area contributed by atoms with Crippen molar-refractivity contribution in [2.45, 2.75) is 13.3 Å². The van der Waals surface area contributed by atoms with E-state index in [9.17, 15) is 19.2 Å². The van der Waals surface area contributed by atoms with Gasteiger partial charge in [-0.3, -0.25) is 24.1 Å². The summed E-state index contributed by atoms with van der Waals surface area (Å²) in [5.41, 5.74) is 0.835. The minimum atomic E-state index is -0.529. The summed E-state index contributed by atoms with van der Waals surface area (Å²) >= 11 is 1.29. The zero-order chi connectivity index (χ0) is 16.8. The second kappa shape index (κ2) is 7.92. The highest BCUT2D eigenvalue weighted by molar-refractivity contribution is 7.99. The quantitative estimate of drug-likeness (QED) is 0.310. The van der Waals surface area contributed by atoms with Crippen molar-refractivity contribution in [2.75, 3.05) is 24.7 Å². The number of esters is 1. The Balaban J connectivity index is 1.76. The van der Waals surface area contributed by atoms with Gasteiger partial charge in [0.2, 0.25) is 0 Å². The number of benzene rings is 1. The third-order valence-electron chi connectivity index (χ3n) is 3.25. The predicted molar refractivity (Wildman–Crippen MR) is 85.4 cm³/mol. The molecule has 0 saturated carbocycles. The summed E-state index contributed by atoms with van der Waals surface area (Å²) < 4.78 is 4.70. The largest absolute Gasteiger partial charge is 0.466 e. The number of hydrogen-bond donors (Lipinski definition) is 0. The molecule has 23 heavy (non-hydrogen) atoms. The van der Waals surface area contributed by atoms with Crippen molar-refractivity contribution in [2.24, 2.45) is 0 Å². The van der Waals surface area contributed by atoms with Crippen LogP contribution in [-0.4, -0.2) is 53.1 Å². The molecule has 0 aliphatic carbocycles. The van der Waals surface area contributed by atoms with Gasteiger partial charge in [0, 0.05) is 12.3 Å². The molecule has 0 unspecified atom stereocenters. The maximum Gasteiger partial charge on any atom is 0.313 e. The van der Waals surface area contributed by atoms with Gasteiger partial charge in [-0.1, -0.05) is 12.1 Å². The first-order chi connectivity index (χ1) is 11.0. The number of thioether (sulfide) groups is 1. The Labute approximate surface area is 138 Å². The van der Waals surface area contributed by atoms with E-state index in [0.29, 0.717) is 16.9 Å². The van der Waals surface area contributed by atoms with E-state index in [-0.39, 0.29) is 42.9 Å². The van der Waals surface area contributed by atoms with Crippen LogP contribution in [0.1, 0.15) is 34.1 Å². The molecule has 1 heterocycles. The molecule has 1 aliphatic heterocycles. The van der Waals surface area contributed by atoms with Crippen molar-refractivity contribution < 1.29 is 23.9 Å². The highest BCUT2D eigenvalue weighted by Gasteiger charge is 2.34. The Hall–Kier alpha value is -2.15. The van der Waals surface area contributed by atoms with Crippen molar-refractivity contribution >= 4 is 35.3 Å². The number of rotatable bonds is 8. The van der Waals surface area contributed by atoms with Gasteiger partial charge in [0.25, 0.3) is 11.8 Å². The van der Waals surface area contributed by atoms with Crippen LogP contribution in [0.25, 0.3) is 0 Å². The lowest BCUT2D eigenvalue weighted by Gasteiger charge is -2.13. The average molecular weight is 335 g/mol. The second-order valence-corrected chi connectivity index (χ2v) is 5.99. The van der Waals surface area contributed by atoms with Crippen LogP contribution in [0.5, 0.6) is 0 Å². The monoisotopic (exact) mass is 335 g/mol. The summed E-state index contributed by atoms with van der Waals surface area (Å²) in [6.07, 6.45) is -0.242. The summed E-state index contributed by atoms with van der Waals surface area (Å²) in [7, 11) is 0. The standard InChI is InChI=1S/C16H17NO5S/c1-2-22-14(19)9-11(18)10-23-8-7-17-15(20)12-5-3-4-6-13(12)16(17)21/h3-6H,2,7-10H2,1H3. The maximum absolute atomic E-state index is 12.1. The normalized spacial score (nSPS) is 13.2. The molecular weight excluding hydrogens is 318 g/mol. The van der Waals surface area contributed by atoms with Crippen LogP contribution in [0.15, 0.2) is 24.3 Å². The molecule has 2 rings (SSSR count). The van der Waals surface area contributed by atoms with Crippen molar-refractivity contribution in [1.82, 2.24) is 4.90 Å². The lowest BCUT2D eigenvalue weighted by atomic mass is 10.1. The molecule has 2 amide bonds. The molecule has 6 nitrogen and oxygen atoms in total. The van der Waals surface area contributed by atoms with E-state index >= 15 is 0 Å². The molecule has 0 spiro atoms. The van der Waals surface area contributed by atoms with Crippen LogP contribution < -0.4 is 0 Å². The van der Waals surface area contributed by atoms with E-state index < -0.39 is 5.97 Å². The van der Waals surface area contributed by atoms with E-state index in [1.165, 1.54) is 16.7 Å². The molecule has 0 fully saturated rings. The number of imide groups is 1. The molecule has 7 heteroatoms. The Bertz CT molecular complexity index is 608. The first-order valence-corrected chi connectivity index (χ1v) is 8.40. The number of Topliss-reactive ketones (excluding diaryl/α,β-unsaturated/α-hetero) is 1. The molecule has 0 saturated heterocycles. The van der Waals surface area contributed by atoms with Crippen LogP contribution >= 0.6 is 11.8 Å². The van der Waals surface area contributed by atoms with Gasteiger partial charge >= 0.3 is 5.97 Å². The fourth-order valence-corrected chi connectivity index (χ4v) is 2.99. The number of nitrogens with zero attached hydrogens (tertiary/aromatic N) is 1. The number of carbonyl (C=O) groups is 4. The molecule has 1 aromatic carbocycles. The highest BCUT2D eigenvalue weighted by atomic mass is 32.2. The van der Waals surface area contributed by atoms with Crippen LogP contribution in [0.4, 0.5) is 0 Å². The summed E-state index contributed by atoms with van der Waals surface area (Å²) in [6.45, 7) is 2.17. The van der Waals surface area contributed by atoms with Gasteiger partial charge in [0.05, 0.1) is 23.5 Å². The molecule has 0 bridgehead atoms. The van der Waals surface area contributed by atoms with Crippen LogP contribution in [0.3, 0.4) is 0 Å². The molecule has 0 atom stereocenters. The number of hydrogen-bond acceptors (Lipinski definition) is 6. The maximum atomic E-state index is 12.1. The molecule has 0 N–H and O–H groups in total. The Morgan fingerprint density at radius 3 is 2.30 bits per heavy atom. The van der Waals surface area contributed by atoms with Gasteiger partial charge in [-0.2, -0.15) is 11.8 Å².